The van der Waals surface area contributed by atoms with Crippen LogP contribution in [0, 0.1) is 27.7 Å². The first-order valence-electron chi connectivity index (χ1n) is 7.04. The largest absolute Gasteiger partial charge is 0.465 e. The van der Waals surface area contributed by atoms with Crippen molar-refractivity contribution >= 4 is 11.9 Å². The standard InChI is InChI=1S/C18H20O4/c1-9-7-10(2)13-12(4)15(17(19)21-5)16(18(20)22-6)14(13)11(3)8-9/h7-8H,1-6H3. The van der Waals surface area contributed by atoms with Gasteiger partial charge in [-0.15, -0.1) is 0 Å². The highest BCUT2D eigenvalue weighted by atomic mass is 16.5. The lowest BCUT2D eigenvalue weighted by atomic mass is 10.00. The van der Waals surface area contributed by atoms with Crippen LogP contribution in [0.1, 0.15) is 43.0 Å². The minimum atomic E-state index is -0.523. The predicted molar refractivity (Wildman–Crippen MR) is 84.7 cm³/mol. The Labute approximate surface area is 130 Å². The molecule has 2 aliphatic rings. The number of esters is 2. The van der Waals surface area contributed by atoms with Gasteiger partial charge in [-0.3, -0.25) is 0 Å². The third-order valence-electron chi connectivity index (χ3n) is 3.96. The molecule has 22 heavy (non-hydrogen) atoms. The highest BCUT2D eigenvalue weighted by molar-refractivity contribution is 6.13. The van der Waals surface area contributed by atoms with Gasteiger partial charge in [-0.05, 0) is 49.9 Å². The van der Waals surface area contributed by atoms with E-state index in [0.29, 0.717) is 5.56 Å². The number of methoxy groups -OCH3 is 2. The molecule has 0 fully saturated rings. The summed E-state index contributed by atoms with van der Waals surface area (Å²) >= 11 is 0. The number of hydrogen-bond acceptors (Lipinski definition) is 4. The van der Waals surface area contributed by atoms with Crippen molar-refractivity contribution in [2.24, 2.45) is 0 Å². The number of carbonyl (C=O) groups excluding carboxylic acids is 2. The molecule has 0 amide bonds. The molecule has 0 bridgehead atoms. The van der Waals surface area contributed by atoms with Crippen molar-refractivity contribution in [3.63, 3.8) is 0 Å². The molecule has 0 saturated carbocycles. The van der Waals surface area contributed by atoms with E-state index in [2.05, 4.69) is 0 Å². The number of carbonyl (C=O) groups is 2. The lowest BCUT2D eigenvalue weighted by Gasteiger charge is -2.06. The molecule has 0 radical (unpaired) electrons. The van der Waals surface area contributed by atoms with E-state index in [1.165, 1.54) is 14.2 Å². The molecule has 2 aliphatic carbocycles. The second-order valence-corrected chi connectivity index (χ2v) is 5.51. The van der Waals surface area contributed by atoms with Crippen LogP contribution in [-0.4, -0.2) is 26.2 Å². The molecule has 0 unspecified atom stereocenters. The monoisotopic (exact) mass is 300 g/mol. The summed E-state index contributed by atoms with van der Waals surface area (Å²) in [6, 6.07) is 4.05. The van der Waals surface area contributed by atoms with E-state index < -0.39 is 11.9 Å². The van der Waals surface area contributed by atoms with Gasteiger partial charge in [-0.1, -0.05) is 17.7 Å². The number of ether oxygens (including phenoxy) is 2. The van der Waals surface area contributed by atoms with Crippen molar-refractivity contribution in [2.45, 2.75) is 27.7 Å². The summed E-state index contributed by atoms with van der Waals surface area (Å²) in [4.78, 5) is 24.5. The third-order valence-corrected chi connectivity index (χ3v) is 3.96. The Hall–Kier alpha value is -2.36. The molecule has 0 atom stereocenters. The van der Waals surface area contributed by atoms with E-state index >= 15 is 0 Å². The normalized spacial score (nSPS) is 10.6. The topological polar surface area (TPSA) is 52.6 Å². The SMILES string of the molecule is COC(=O)c1c(C)c2c(C)cc(C)cc(C)c-2c1C(=O)OC. The molecule has 0 aromatic carbocycles. The molecule has 0 aliphatic heterocycles. The molecule has 0 aromatic heterocycles. The highest BCUT2D eigenvalue weighted by Gasteiger charge is 2.32. The van der Waals surface area contributed by atoms with Gasteiger partial charge in [0.1, 0.15) is 0 Å². The van der Waals surface area contributed by atoms with E-state index in [9.17, 15) is 9.59 Å². The summed E-state index contributed by atoms with van der Waals surface area (Å²) in [5.41, 5.74) is 6.04. The van der Waals surface area contributed by atoms with Gasteiger partial charge in [0.25, 0.3) is 0 Å². The van der Waals surface area contributed by atoms with Crippen LogP contribution in [0.4, 0.5) is 0 Å². The maximum Gasteiger partial charge on any atom is 0.339 e. The van der Waals surface area contributed by atoms with Gasteiger partial charge in [0.15, 0.2) is 0 Å². The Kier molecular flexibility index (Phi) is 4.22. The Bertz CT molecular complexity index is 744. The van der Waals surface area contributed by atoms with Crippen molar-refractivity contribution < 1.29 is 19.1 Å². The summed E-state index contributed by atoms with van der Waals surface area (Å²) in [5.74, 6) is -1.04. The van der Waals surface area contributed by atoms with Gasteiger partial charge in [-0.25, -0.2) is 9.59 Å². The van der Waals surface area contributed by atoms with Crippen molar-refractivity contribution in [3.05, 3.63) is 45.5 Å². The Balaban J connectivity index is 3.04. The van der Waals surface area contributed by atoms with E-state index in [0.717, 1.165) is 33.4 Å². The lowest BCUT2D eigenvalue weighted by molar-refractivity contribution is 0.0556. The number of aryl methyl sites for hydroxylation is 3. The van der Waals surface area contributed by atoms with Gasteiger partial charge < -0.3 is 9.47 Å². The van der Waals surface area contributed by atoms with Gasteiger partial charge in [0.05, 0.1) is 25.3 Å². The van der Waals surface area contributed by atoms with Crippen LogP contribution >= 0.6 is 0 Å². The van der Waals surface area contributed by atoms with Crippen LogP contribution in [0.25, 0.3) is 11.1 Å². The molecule has 0 spiro atoms. The molecular weight excluding hydrogens is 280 g/mol. The van der Waals surface area contributed by atoms with E-state index in [-0.39, 0.29) is 5.56 Å². The smallest absolute Gasteiger partial charge is 0.339 e. The first-order chi connectivity index (χ1) is 10.3. The van der Waals surface area contributed by atoms with Crippen LogP contribution in [0.5, 0.6) is 0 Å². The summed E-state index contributed by atoms with van der Waals surface area (Å²) < 4.78 is 9.76. The maximum absolute atomic E-state index is 12.3. The summed E-state index contributed by atoms with van der Waals surface area (Å²) in [5, 5.41) is 0. The summed E-state index contributed by atoms with van der Waals surface area (Å²) in [7, 11) is 2.62. The molecule has 4 heteroatoms. The summed E-state index contributed by atoms with van der Waals surface area (Å²) in [6.07, 6.45) is 0. The molecular formula is C18H20O4. The van der Waals surface area contributed by atoms with Gasteiger partial charge >= 0.3 is 11.9 Å². The minimum absolute atomic E-state index is 0.290. The molecule has 0 saturated heterocycles. The predicted octanol–water partition coefficient (Wildman–Crippen LogP) is 3.60. The molecule has 2 rings (SSSR count). The first-order valence-corrected chi connectivity index (χ1v) is 7.04. The van der Waals surface area contributed by atoms with Crippen molar-refractivity contribution in [1.29, 1.82) is 0 Å². The third kappa shape index (κ3) is 2.34. The lowest BCUT2D eigenvalue weighted by Crippen LogP contribution is -2.10. The fourth-order valence-corrected chi connectivity index (χ4v) is 3.17. The quantitative estimate of drug-likeness (QED) is 0.795. The fraction of sp³-hybridized carbons (Fsp3) is 0.333. The number of fused-ring (bicyclic) bond motifs is 1. The van der Waals surface area contributed by atoms with Crippen molar-refractivity contribution in [3.8, 4) is 11.1 Å². The second kappa shape index (κ2) is 5.79. The number of rotatable bonds is 2. The van der Waals surface area contributed by atoms with Crippen LogP contribution in [-0.2, 0) is 9.47 Å². The Morgan fingerprint density at radius 2 is 1.23 bits per heavy atom. The Morgan fingerprint density at radius 3 is 1.73 bits per heavy atom. The zero-order valence-electron chi connectivity index (χ0n) is 13.8. The van der Waals surface area contributed by atoms with Gasteiger partial charge in [0, 0.05) is 5.56 Å². The first kappa shape index (κ1) is 16.0. The zero-order chi connectivity index (χ0) is 16.6. The fourth-order valence-electron chi connectivity index (χ4n) is 3.17. The highest BCUT2D eigenvalue weighted by Crippen LogP contribution is 2.41. The average Bonchev–Trinajstić information content (AvgIpc) is 2.72. The van der Waals surface area contributed by atoms with Crippen molar-refractivity contribution in [1.82, 2.24) is 0 Å². The molecule has 116 valence electrons. The van der Waals surface area contributed by atoms with Crippen LogP contribution in [0.2, 0.25) is 0 Å². The average molecular weight is 300 g/mol. The maximum atomic E-state index is 12.3. The van der Waals surface area contributed by atoms with Crippen LogP contribution < -0.4 is 0 Å². The molecule has 0 heterocycles. The molecule has 0 aromatic rings. The van der Waals surface area contributed by atoms with Crippen LogP contribution in [0.15, 0.2) is 12.1 Å². The molecule has 0 N–H and O–H groups in total. The van der Waals surface area contributed by atoms with E-state index in [1.807, 2.05) is 39.8 Å². The van der Waals surface area contributed by atoms with Crippen molar-refractivity contribution in [2.75, 3.05) is 14.2 Å². The van der Waals surface area contributed by atoms with Crippen LogP contribution in [0.3, 0.4) is 0 Å². The Morgan fingerprint density at radius 1 is 0.773 bits per heavy atom. The zero-order valence-corrected chi connectivity index (χ0v) is 13.8. The minimum Gasteiger partial charge on any atom is -0.465 e. The summed E-state index contributed by atoms with van der Waals surface area (Å²) in [6.45, 7) is 7.75. The van der Waals surface area contributed by atoms with Gasteiger partial charge in [-0.2, -0.15) is 0 Å². The number of hydrogen-bond donors (Lipinski definition) is 0. The van der Waals surface area contributed by atoms with E-state index in [4.69, 9.17) is 9.47 Å². The van der Waals surface area contributed by atoms with Gasteiger partial charge in [0.2, 0.25) is 0 Å². The second-order valence-electron chi connectivity index (χ2n) is 5.51. The molecule has 4 nitrogen and oxygen atoms in total. The van der Waals surface area contributed by atoms with E-state index in [1.54, 1.807) is 0 Å².